The van der Waals surface area contributed by atoms with Crippen LogP contribution < -0.4 is 5.32 Å². The Labute approximate surface area is 99.1 Å². The molecule has 0 saturated heterocycles. The molecule has 1 aromatic carbocycles. The maximum absolute atomic E-state index is 13.3. The molecule has 0 radical (unpaired) electrons. The molecule has 1 aromatic heterocycles. The summed E-state index contributed by atoms with van der Waals surface area (Å²) in [6.45, 7) is 0. The smallest absolute Gasteiger partial charge is 0.260 e. The second kappa shape index (κ2) is 4.54. The first-order valence-electron chi connectivity index (χ1n) is 4.19. The third kappa shape index (κ3) is 2.34. The van der Waals surface area contributed by atoms with E-state index < -0.39 is 11.7 Å². The van der Waals surface area contributed by atoms with Gasteiger partial charge in [0.15, 0.2) is 0 Å². The van der Waals surface area contributed by atoms with Gasteiger partial charge in [-0.3, -0.25) is 10.1 Å². The van der Waals surface area contributed by atoms with E-state index in [0.717, 1.165) is 17.4 Å². The number of rotatable bonds is 2. The molecule has 0 atom stereocenters. The first-order valence-corrected chi connectivity index (χ1v) is 5.45. The van der Waals surface area contributed by atoms with E-state index in [1.807, 2.05) is 0 Å². The van der Waals surface area contributed by atoms with Gasteiger partial charge in [0.2, 0.25) is 5.13 Å². The second-order valence-electron chi connectivity index (χ2n) is 2.82. The second-order valence-corrected chi connectivity index (χ2v) is 4.09. The van der Waals surface area contributed by atoms with Gasteiger partial charge in [0.05, 0.1) is 5.56 Å². The average Bonchev–Trinajstić information content (AvgIpc) is 2.74. The van der Waals surface area contributed by atoms with E-state index in [1.54, 1.807) is 0 Å². The van der Waals surface area contributed by atoms with Crippen LogP contribution in [0.15, 0.2) is 23.7 Å². The Hall–Kier alpha value is -1.53. The summed E-state index contributed by atoms with van der Waals surface area (Å²) >= 11 is 6.82. The fraction of sp³-hybridized carbons (Fsp3) is 0. The number of carbonyl (C=O) groups excluding carboxylic acids is 1. The highest BCUT2D eigenvalue weighted by atomic mass is 35.5. The van der Waals surface area contributed by atoms with E-state index in [0.29, 0.717) is 10.2 Å². The van der Waals surface area contributed by atoms with Crippen LogP contribution in [0, 0.1) is 5.82 Å². The summed E-state index contributed by atoms with van der Waals surface area (Å²) in [6, 6.07) is 3.77. The first-order chi connectivity index (χ1) is 7.66. The monoisotopic (exact) mass is 257 g/mol. The van der Waals surface area contributed by atoms with Gasteiger partial charge in [0.25, 0.3) is 5.91 Å². The number of halogens is 2. The number of benzene rings is 1. The standard InChI is InChI=1S/C9H5ClFN3OS/c10-5-1-2-7(11)6(3-5)8(15)13-9-14-12-4-16-9/h1-4H,(H,13,14,15). The van der Waals surface area contributed by atoms with Crippen LogP contribution in [0.3, 0.4) is 0 Å². The predicted octanol–water partition coefficient (Wildman–Crippen LogP) is 2.58. The van der Waals surface area contributed by atoms with Crippen molar-refractivity contribution in [2.45, 2.75) is 0 Å². The van der Waals surface area contributed by atoms with E-state index in [4.69, 9.17) is 11.6 Å². The minimum absolute atomic E-state index is 0.122. The summed E-state index contributed by atoms with van der Waals surface area (Å²) in [5.74, 6) is -1.23. The Morgan fingerprint density at radius 1 is 1.50 bits per heavy atom. The van der Waals surface area contributed by atoms with Crippen LogP contribution in [0.2, 0.25) is 5.02 Å². The highest BCUT2D eigenvalue weighted by Gasteiger charge is 2.13. The van der Waals surface area contributed by atoms with Gasteiger partial charge >= 0.3 is 0 Å². The molecular weight excluding hydrogens is 253 g/mol. The molecule has 82 valence electrons. The van der Waals surface area contributed by atoms with Crippen molar-refractivity contribution in [3.8, 4) is 0 Å². The number of nitrogens with one attached hydrogen (secondary N) is 1. The van der Waals surface area contributed by atoms with E-state index in [1.165, 1.54) is 17.6 Å². The van der Waals surface area contributed by atoms with Gasteiger partial charge in [0.1, 0.15) is 11.3 Å². The molecule has 0 spiro atoms. The maximum Gasteiger partial charge on any atom is 0.260 e. The molecule has 0 saturated carbocycles. The fourth-order valence-electron chi connectivity index (χ4n) is 1.06. The SMILES string of the molecule is O=C(Nc1nncs1)c1cc(Cl)ccc1F. The highest BCUT2D eigenvalue weighted by molar-refractivity contribution is 7.13. The van der Waals surface area contributed by atoms with Crippen LogP contribution in [-0.2, 0) is 0 Å². The molecule has 0 aliphatic heterocycles. The lowest BCUT2D eigenvalue weighted by molar-refractivity contribution is 0.102. The minimum atomic E-state index is -0.633. The fourth-order valence-corrected chi connectivity index (χ4v) is 1.68. The van der Waals surface area contributed by atoms with Gasteiger partial charge in [0, 0.05) is 5.02 Å². The average molecular weight is 258 g/mol. The van der Waals surface area contributed by atoms with E-state index >= 15 is 0 Å². The molecule has 2 aromatic rings. The molecule has 0 bridgehead atoms. The Morgan fingerprint density at radius 3 is 3.00 bits per heavy atom. The quantitative estimate of drug-likeness (QED) is 0.900. The number of amides is 1. The first kappa shape index (κ1) is 11.0. The lowest BCUT2D eigenvalue weighted by Gasteiger charge is -2.02. The van der Waals surface area contributed by atoms with Crippen molar-refractivity contribution in [3.63, 3.8) is 0 Å². The van der Waals surface area contributed by atoms with Gasteiger partial charge in [-0.1, -0.05) is 22.9 Å². The molecule has 4 nitrogen and oxygen atoms in total. The summed E-state index contributed by atoms with van der Waals surface area (Å²) < 4.78 is 13.3. The molecule has 2 rings (SSSR count). The third-order valence-corrected chi connectivity index (χ3v) is 2.60. The molecular formula is C9H5ClFN3OS. The third-order valence-electron chi connectivity index (χ3n) is 1.75. The zero-order chi connectivity index (χ0) is 11.5. The maximum atomic E-state index is 13.3. The highest BCUT2D eigenvalue weighted by Crippen LogP contribution is 2.17. The van der Waals surface area contributed by atoms with E-state index in [9.17, 15) is 9.18 Å². The molecule has 0 unspecified atom stereocenters. The van der Waals surface area contributed by atoms with Crippen LogP contribution >= 0.6 is 22.9 Å². The van der Waals surface area contributed by atoms with Crippen molar-refractivity contribution < 1.29 is 9.18 Å². The zero-order valence-electron chi connectivity index (χ0n) is 7.78. The summed E-state index contributed by atoms with van der Waals surface area (Å²) in [4.78, 5) is 11.6. The van der Waals surface area contributed by atoms with Crippen LogP contribution in [0.25, 0.3) is 0 Å². The molecule has 1 N–H and O–H groups in total. The summed E-state index contributed by atoms with van der Waals surface area (Å²) in [7, 11) is 0. The number of carbonyl (C=O) groups is 1. The zero-order valence-corrected chi connectivity index (χ0v) is 9.35. The minimum Gasteiger partial charge on any atom is -0.296 e. The van der Waals surface area contributed by atoms with Crippen LogP contribution in [0.1, 0.15) is 10.4 Å². The van der Waals surface area contributed by atoms with Crippen molar-refractivity contribution >= 4 is 34.0 Å². The predicted molar refractivity (Wildman–Crippen MR) is 59.3 cm³/mol. The topological polar surface area (TPSA) is 54.9 Å². The molecule has 1 heterocycles. The number of hydrogen-bond acceptors (Lipinski definition) is 4. The molecule has 0 aliphatic rings. The lowest BCUT2D eigenvalue weighted by atomic mass is 10.2. The normalized spacial score (nSPS) is 10.1. The largest absolute Gasteiger partial charge is 0.296 e. The number of aromatic nitrogens is 2. The van der Waals surface area contributed by atoms with Crippen molar-refractivity contribution in [1.82, 2.24) is 10.2 Å². The Kier molecular flexibility index (Phi) is 3.12. The Bertz CT molecular complexity index is 517. The molecule has 16 heavy (non-hydrogen) atoms. The lowest BCUT2D eigenvalue weighted by Crippen LogP contribution is -2.13. The molecule has 0 fully saturated rings. The van der Waals surface area contributed by atoms with Crippen molar-refractivity contribution in [1.29, 1.82) is 0 Å². The van der Waals surface area contributed by atoms with Crippen molar-refractivity contribution in [3.05, 3.63) is 40.1 Å². The molecule has 7 heteroatoms. The number of hydrogen-bond donors (Lipinski definition) is 1. The van der Waals surface area contributed by atoms with Gasteiger partial charge in [-0.15, -0.1) is 10.2 Å². The Morgan fingerprint density at radius 2 is 2.31 bits per heavy atom. The molecule has 1 amide bonds. The summed E-state index contributed by atoms with van der Waals surface area (Å²) in [6.07, 6.45) is 0. The summed E-state index contributed by atoms with van der Waals surface area (Å²) in [5.41, 5.74) is 1.34. The van der Waals surface area contributed by atoms with Gasteiger partial charge in [-0.2, -0.15) is 0 Å². The Balaban J connectivity index is 2.24. The van der Waals surface area contributed by atoms with Crippen molar-refractivity contribution in [2.75, 3.05) is 5.32 Å². The number of nitrogens with zero attached hydrogens (tertiary/aromatic N) is 2. The van der Waals surface area contributed by atoms with Gasteiger partial charge < -0.3 is 0 Å². The van der Waals surface area contributed by atoms with Crippen LogP contribution in [0.5, 0.6) is 0 Å². The van der Waals surface area contributed by atoms with Gasteiger partial charge in [-0.25, -0.2) is 4.39 Å². The molecule has 0 aliphatic carbocycles. The van der Waals surface area contributed by atoms with Crippen molar-refractivity contribution in [2.24, 2.45) is 0 Å². The number of anilines is 1. The summed E-state index contributed by atoms with van der Waals surface area (Å²) in [5, 5.41) is 10.2. The van der Waals surface area contributed by atoms with E-state index in [2.05, 4.69) is 15.5 Å². The van der Waals surface area contributed by atoms with Gasteiger partial charge in [-0.05, 0) is 18.2 Å². The van der Waals surface area contributed by atoms with Crippen LogP contribution in [-0.4, -0.2) is 16.1 Å². The van der Waals surface area contributed by atoms with Crippen LogP contribution in [0.4, 0.5) is 9.52 Å². The van der Waals surface area contributed by atoms with E-state index in [-0.39, 0.29) is 5.56 Å².